The van der Waals surface area contributed by atoms with E-state index >= 15 is 0 Å². The number of carbonyl (C=O) groups excluding carboxylic acids is 1. The summed E-state index contributed by atoms with van der Waals surface area (Å²) < 4.78 is 0. The van der Waals surface area contributed by atoms with Crippen molar-refractivity contribution in [2.75, 3.05) is 31.3 Å². The fourth-order valence-electron chi connectivity index (χ4n) is 1.91. The van der Waals surface area contributed by atoms with E-state index in [0.717, 1.165) is 35.5 Å². The van der Waals surface area contributed by atoms with Crippen molar-refractivity contribution >= 4 is 17.3 Å². The van der Waals surface area contributed by atoms with Gasteiger partial charge in [-0.15, -0.1) is 0 Å². The molecule has 0 atom stereocenters. The molecule has 2 rings (SSSR count). The van der Waals surface area contributed by atoms with Gasteiger partial charge in [-0.25, -0.2) is 0 Å². The number of rotatable bonds is 2. The van der Waals surface area contributed by atoms with E-state index in [-0.39, 0.29) is 5.91 Å². The van der Waals surface area contributed by atoms with Crippen LogP contribution in [0.3, 0.4) is 0 Å². The minimum atomic E-state index is 0.0169. The van der Waals surface area contributed by atoms with E-state index in [2.05, 4.69) is 16.0 Å². The first-order chi connectivity index (χ1) is 7.26. The van der Waals surface area contributed by atoms with E-state index in [4.69, 9.17) is 0 Å². The van der Waals surface area contributed by atoms with Crippen molar-refractivity contribution in [3.63, 3.8) is 0 Å². The summed E-state index contributed by atoms with van der Waals surface area (Å²) in [7, 11) is 3.71. The van der Waals surface area contributed by atoms with Crippen LogP contribution in [0.1, 0.15) is 15.9 Å². The number of carbonyl (C=O) groups is 1. The highest BCUT2D eigenvalue weighted by atomic mass is 16.1. The van der Waals surface area contributed by atoms with Gasteiger partial charge in [0.1, 0.15) is 0 Å². The van der Waals surface area contributed by atoms with Gasteiger partial charge in [-0.1, -0.05) is 0 Å². The topological polar surface area (TPSA) is 53.2 Å². The van der Waals surface area contributed by atoms with Crippen LogP contribution in [0.4, 0.5) is 11.4 Å². The molecule has 0 fully saturated rings. The van der Waals surface area contributed by atoms with Crippen LogP contribution in [0.15, 0.2) is 12.1 Å². The lowest BCUT2D eigenvalue weighted by atomic mass is 9.97. The molecule has 0 unspecified atom stereocenters. The minimum absolute atomic E-state index is 0.0169. The highest BCUT2D eigenvalue weighted by Crippen LogP contribution is 2.27. The summed E-state index contributed by atoms with van der Waals surface area (Å²) in [5.74, 6) is 0.0169. The summed E-state index contributed by atoms with van der Waals surface area (Å²) >= 11 is 0. The molecule has 0 aliphatic carbocycles. The maximum Gasteiger partial charge on any atom is 0.253 e. The van der Waals surface area contributed by atoms with Gasteiger partial charge in [-0.2, -0.15) is 0 Å². The van der Waals surface area contributed by atoms with E-state index in [9.17, 15) is 4.79 Å². The molecule has 1 aromatic carbocycles. The number of hydrogen-bond donors (Lipinski definition) is 3. The van der Waals surface area contributed by atoms with Crippen LogP contribution >= 0.6 is 0 Å². The SMILES string of the molecule is CNc1cc2c(c(NC)c1)C(=O)NCC2. The van der Waals surface area contributed by atoms with Crippen molar-refractivity contribution in [1.29, 1.82) is 0 Å². The van der Waals surface area contributed by atoms with Gasteiger partial charge in [0.2, 0.25) is 0 Å². The Morgan fingerprint density at radius 1 is 1.27 bits per heavy atom. The molecule has 3 N–H and O–H groups in total. The number of anilines is 2. The Kier molecular flexibility index (Phi) is 2.49. The Labute approximate surface area is 89.1 Å². The predicted octanol–water partition coefficient (Wildman–Crippen LogP) is 1.06. The maximum absolute atomic E-state index is 11.7. The molecule has 0 radical (unpaired) electrons. The number of amides is 1. The van der Waals surface area contributed by atoms with Gasteiger partial charge in [0.15, 0.2) is 0 Å². The van der Waals surface area contributed by atoms with Crippen molar-refractivity contribution in [2.45, 2.75) is 6.42 Å². The summed E-state index contributed by atoms with van der Waals surface area (Å²) in [6, 6.07) is 3.98. The molecule has 0 aromatic heterocycles. The smallest absolute Gasteiger partial charge is 0.253 e. The van der Waals surface area contributed by atoms with E-state index in [1.807, 2.05) is 26.2 Å². The Hall–Kier alpha value is -1.71. The first kappa shape index (κ1) is 9.83. The standard InChI is InChI=1S/C11H15N3O/c1-12-8-5-7-3-4-14-11(15)10(7)9(6-8)13-2/h5-6,12-13H,3-4H2,1-2H3,(H,14,15). The molecular weight excluding hydrogens is 190 g/mol. The zero-order chi connectivity index (χ0) is 10.8. The molecular formula is C11H15N3O. The summed E-state index contributed by atoms with van der Waals surface area (Å²) in [5.41, 5.74) is 3.81. The fraction of sp³-hybridized carbons (Fsp3) is 0.364. The van der Waals surface area contributed by atoms with Crippen molar-refractivity contribution in [3.8, 4) is 0 Å². The summed E-state index contributed by atoms with van der Waals surface area (Å²) in [5, 5.41) is 9.01. The van der Waals surface area contributed by atoms with Crippen LogP contribution in [0.5, 0.6) is 0 Å². The monoisotopic (exact) mass is 205 g/mol. The number of benzene rings is 1. The Balaban J connectivity index is 2.57. The highest BCUT2D eigenvalue weighted by molar-refractivity contribution is 6.02. The molecule has 0 saturated heterocycles. The number of fused-ring (bicyclic) bond motifs is 1. The van der Waals surface area contributed by atoms with Crippen LogP contribution in [-0.4, -0.2) is 26.5 Å². The van der Waals surface area contributed by atoms with E-state index in [0.29, 0.717) is 0 Å². The molecule has 0 spiro atoms. The fourth-order valence-corrected chi connectivity index (χ4v) is 1.91. The third-order valence-electron chi connectivity index (χ3n) is 2.68. The Morgan fingerprint density at radius 2 is 2.07 bits per heavy atom. The number of nitrogens with one attached hydrogen (secondary N) is 3. The average Bonchev–Trinajstić information content (AvgIpc) is 2.27. The van der Waals surface area contributed by atoms with Crippen LogP contribution in [0.2, 0.25) is 0 Å². The first-order valence-corrected chi connectivity index (χ1v) is 5.07. The van der Waals surface area contributed by atoms with E-state index < -0.39 is 0 Å². The normalized spacial score (nSPS) is 14.1. The second kappa shape index (κ2) is 3.81. The zero-order valence-corrected chi connectivity index (χ0v) is 8.98. The molecule has 0 saturated carbocycles. The number of hydrogen-bond acceptors (Lipinski definition) is 3. The van der Waals surface area contributed by atoms with Gasteiger partial charge in [0, 0.05) is 32.0 Å². The lowest BCUT2D eigenvalue weighted by molar-refractivity contribution is 0.0947. The Morgan fingerprint density at radius 3 is 2.73 bits per heavy atom. The molecule has 1 heterocycles. The summed E-state index contributed by atoms with van der Waals surface area (Å²) in [6.07, 6.45) is 0.894. The van der Waals surface area contributed by atoms with Crippen LogP contribution < -0.4 is 16.0 Å². The molecule has 80 valence electrons. The third-order valence-corrected chi connectivity index (χ3v) is 2.68. The first-order valence-electron chi connectivity index (χ1n) is 5.07. The van der Waals surface area contributed by atoms with E-state index in [1.54, 1.807) is 0 Å². The summed E-state index contributed by atoms with van der Waals surface area (Å²) in [4.78, 5) is 11.7. The zero-order valence-electron chi connectivity index (χ0n) is 8.98. The van der Waals surface area contributed by atoms with E-state index in [1.165, 1.54) is 0 Å². The van der Waals surface area contributed by atoms with Gasteiger partial charge in [0.05, 0.1) is 5.56 Å². The highest BCUT2D eigenvalue weighted by Gasteiger charge is 2.20. The molecule has 4 nitrogen and oxygen atoms in total. The summed E-state index contributed by atoms with van der Waals surface area (Å²) in [6.45, 7) is 0.724. The molecule has 1 aliphatic heterocycles. The van der Waals surface area contributed by atoms with Crippen LogP contribution in [-0.2, 0) is 6.42 Å². The van der Waals surface area contributed by atoms with Crippen molar-refractivity contribution < 1.29 is 4.79 Å². The molecule has 1 amide bonds. The van der Waals surface area contributed by atoms with Crippen molar-refractivity contribution in [2.24, 2.45) is 0 Å². The molecule has 1 aromatic rings. The molecule has 0 bridgehead atoms. The average molecular weight is 205 g/mol. The lowest BCUT2D eigenvalue weighted by Gasteiger charge is -2.20. The molecule has 4 heteroatoms. The second-order valence-corrected chi connectivity index (χ2v) is 3.56. The predicted molar refractivity (Wildman–Crippen MR) is 61.6 cm³/mol. The minimum Gasteiger partial charge on any atom is -0.388 e. The van der Waals surface area contributed by atoms with Crippen molar-refractivity contribution in [3.05, 3.63) is 23.3 Å². The maximum atomic E-state index is 11.7. The van der Waals surface area contributed by atoms with Gasteiger partial charge in [-0.3, -0.25) is 4.79 Å². The molecule has 15 heavy (non-hydrogen) atoms. The van der Waals surface area contributed by atoms with Gasteiger partial charge in [-0.05, 0) is 24.1 Å². The van der Waals surface area contributed by atoms with Crippen LogP contribution in [0.25, 0.3) is 0 Å². The third kappa shape index (κ3) is 1.63. The van der Waals surface area contributed by atoms with Gasteiger partial charge in [0.25, 0.3) is 5.91 Å². The largest absolute Gasteiger partial charge is 0.388 e. The van der Waals surface area contributed by atoms with Crippen molar-refractivity contribution in [1.82, 2.24) is 5.32 Å². The second-order valence-electron chi connectivity index (χ2n) is 3.56. The van der Waals surface area contributed by atoms with Gasteiger partial charge >= 0.3 is 0 Å². The van der Waals surface area contributed by atoms with Gasteiger partial charge < -0.3 is 16.0 Å². The Bertz CT molecular complexity index is 384. The lowest BCUT2D eigenvalue weighted by Crippen LogP contribution is -2.32. The quantitative estimate of drug-likeness (QED) is 0.676. The molecule has 1 aliphatic rings. The van der Waals surface area contributed by atoms with Crippen LogP contribution in [0, 0.1) is 0 Å².